The van der Waals surface area contributed by atoms with Crippen molar-refractivity contribution in [2.45, 2.75) is 6.54 Å². The molecule has 92 valence electrons. The number of hydrogen-bond donors (Lipinski definition) is 1. The summed E-state index contributed by atoms with van der Waals surface area (Å²) in [5, 5.41) is 4.22. The highest BCUT2D eigenvalue weighted by molar-refractivity contribution is 7.22. The fourth-order valence-electron chi connectivity index (χ4n) is 1.66. The molecule has 0 fully saturated rings. The first-order chi connectivity index (χ1) is 8.86. The molecule has 2 heterocycles. The van der Waals surface area contributed by atoms with Crippen molar-refractivity contribution in [3.63, 3.8) is 0 Å². The first-order valence-corrected chi connectivity index (χ1v) is 7.11. The smallest absolute Gasteiger partial charge is 0.184 e. The van der Waals surface area contributed by atoms with Gasteiger partial charge in [0, 0.05) is 11.1 Å². The lowest BCUT2D eigenvalue weighted by Crippen LogP contribution is -1.96. The highest BCUT2D eigenvalue weighted by atomic mass is 32.1. The summed E-state index contributed by atoms with van der Waals surface area (Å²) in [4.78, 5) is 9.79. The molecule has 0 bridgehead atoms. The van der Waals surface area contributed by atoms with Crippen molar-refractivity contribution >= 4 is 38.0 Å². The van der Waals surface area contributed by atoms with E-state index in [4.69, 9.17) is 4.74 Å². The third-order valence-corrected chi connectivity index (χ3v) is 4.26. The van der Waals surface area contributed by atoms with E-state index in [1.54, 1.807) is 29.8 Å². The molecule has 0 aliphatic rings. The number of rotatable bonds is 4. The van der Waals surface area contributed by atoms with E-state index in [1.807, 2.05) is 29.9 Å². The minimum absolute atomic E-state index is 0.757. The fourth-order valence-corrected chi connectivity index (χ4v) is 3.07. The number of methoxy groups -OCH3 is 1. The van der Waals surface area contributed by atoms with Gasteiger partial charge in [-0.25, -0.2) is 4.98 Å². The lowest BCUT2D eigenvalue weighted by molar-refractivity contribution is 0.419. The average Bonchev–Trinajstić information content (AvgIpc) is 3.04. The summed E-state index contributed by atoms with van der Waals surface area (Å²) >= 11 is 3.27. The van der Waals surface area contributed by atoms with Crippen molar-refractivity contribution in [1.29, 1.82) is 0 Å². The van der Waals surface area contributed by atoms with Crippen molar-refractivity contribution in [2.24, 2.45) is 0 Å². The Kier molecular flexibility index (Phi) is 3.12. The van der Waals surface area contributed by atoms with E-state index in [0.29, 0.717) is 0 Å². The predicted molar refractivity (Wildman–Crippen MR) is 75.6 cm³/mol. The number of nitrogens with one attached hydrogen (secondary N) is 1. The molecule has 0 radical (unpaired) electrons. The molecule has 3 rings (SSSR count). The Bertz CT molecular complexity index is 648. The summed E-state index contributed by atoms with van der Waals surface area (Å²) < 4.78 is 6.43. The van der Waals surface area contributed by atoms with Crippen LogP contribution in [0.1, 0.15) is 4.88 Å². The second-order valence-electron chi connectivity index (χ2n) is 3.65. The topological polar surface area (TPSA) is 47.0 Å². The number of nitrogens with zero attached hydrogens (tertiary/aromatic N) is 2. The van der Waals surface area contributed by atoms with E-state index < -0.39 is 0 Å². The minimum Gasteiger partial charge on any atom is -0.494 e. The van der Waals surface area contributed by atoms with E-state index in [9.17, 15) is 0 Å². The molecule has 1 aromatic carbocycles. The first-order valence-electron chi connectivity index (χ1n) is 5.41. The van der Waals surface area contributed by atoms with Crippen molar-refractivity contribution in [3.05, 3.63) is 34.8 Å². The molecule has 0 atom stereocenters. The van der Waals surface area contributed by atoms with E-state index in [0.717, 1.165) is 27.6 Å². The molecule has 18 heavy (non-hydrogen) atoms. The van der Waals surface area contributed by atoms with Gasteiger partial charge in [0.05, 0.1) is 23.9 Å². The maximum absolute atomic E-state index is 5.30. The van der Waals surface area contributed by atoms with Crippen LogP contribution >= 0.6 is 22.7 Å². The van der Waals surface area contributed by atoms with Gasteiger partial charge in [-0.05, 0) is 12.1 Å². The van der Waals surface area contributed by atoms with Crippen molar-refractivity contribution in [2.75, 3.05) is 12.4 Å². The number of anilines is 1. The fraction of sp³-hybridized carbons (Fsp3) is 0.167. The minimum atomic E-state index is 0.757. The largest absolute Gasteiger partial charge is 0.494 e. The van der Waals surface area contributed by atoms with Crippen LogP contribution in [0.5, 0.6) is 5.75 Å². The molecule has 4 nitrogen and oxygen atoms in total. The summed E-state index contributed by atoms with van der Waals surface area (Å²) in [5.74, 6) is 0.814. The van der Waals surface area contributed by atoms with Gasteiger partial charge in [-0.2, -0.15) is 0 Å². The molecule has 0 saturated carbocycles. The molecule has 6 heteroatoms. The quantitative estimate of drug-likeness (QED) is 0.794. The van der Waals surface area contributed by atoms with Crippen LogP contribution < -0.4 is 10.1 Å². The third kappa shape index (κ3) is 2.16. The van der Waals surface area contributed by atoms with Crippen molar-refractivity contribution in [3.8, 4) is 5.75 Å². The number of hydrogen-bond acceptors (Lipinski definition) is 6. The van der Waals surface area contributed by atoms with Crippen molar-refractivity contribution < 1.29 is 4.74 Å². The van der Waals surface area contributed by atoms with E-state index >= 15 is 0 Å². The van der Waals surface area contributed by atoms with Gasteiger partial charge in [0.25, 0.3) is 0 Å². The summed E-state index contributed by atoms with van der Waals surface area (Å²) in [5.41, 5.74) is 2.75. The van der Waals surface area contributed by atoms with Gasteiger partial charge in [-0.15, -0.1) is 11.3 Å². The number of fused-ring (bicyclic) bond motifs is 1. The molecule has 0 amide bonds. The summed E-state index contributed by atoms with van der Waals surface area (Å²) in [7, 11) is 1.67. The summed E-state index contributed by atoms with van der Waals surface area (Å²) in [6.45, 7) is 0.757. The summed E-state index contributed by atoms with van der Waals surface area (Å²) in [6.07, 6.45) is 1.87. The van der Waals surface area contributed by atoms with Gasteiger partial charge < -0.3 is 10.1 Å². The predicted octanol–water partition coefficient (Wildman–Crippen LogP) is 3.37. The van der Waals surface area contributed by atoms with Crippen LogP contribution in [0.4, 0.5) is 5.13 Å². The molecule has 0 unspecified atom stereocenters. The maximum atomic E-state index is 5.30. The van der Waals surface area contributed by atoms with Gasteiger partial charge in [0.1, 0.15) is 11.3 Å². The van der Waals surface area contributed by atoms with Gasteiger partial charge in [0.15, 0.2) is 5.13 Å². The molecular weight excluding hydrogens is 266 g/mol. The van der Waals surface area contributed by atoms with E-state index in [2.05, 4.69) is 15.3 Å². The van der Waals surface area contributed by atoms with Gasteiger partial charge in [0.2, 0.25) is 0 Å². The zero-order chi connectivity index (χ0) is 12.4. The molecule has 0 aliphatic heterocycles. The van der Waals surface area contributed by atoms with Crippen LogP contribution in [0.2, 0.25) is 0 Å². The van der Waals surface area contributed by atoms with Crippen LogP contribution in [-0.4, -0.2) is 17.1 Å². The SMILES string of the molecule is COc1cccc2sc(NCc3cncs3)nc12. The Morgan fingerprint density at radius 3 is 3.11 bits per heavy atom. The van der Waals surface area contributed by atoms with E-state index in [-0.39, 0.29) is 0 Å². The maximum Gasteiger partial charge on any atom is 0.184 e. The highest BCUT2D eigenvalue weighted by Crippen LogP contribution is 2.32. The third-order valence-electron chi connectivity index (χ3n) is 2.50. The van der Waals surface area contributed by atoms with Crippen LogP contribution in [0.3, 0.4) is 0 Å². The molecule has 0 spiro atoms. The van der Waals surface area contributed by atoms with Gasteiger partial charge >= 0.3 is 0 Å². The van der Waals surface area contributed by atoms with Crippen LogP contribution in [0, 0.1) is 0 Å². The standard InChI is InChI=1S/C12H11N3OS2/c1-16-9-3-2-4-10-11(9)15-12(18-10)14-6-8-5-13-7-17-8/h2-5,7H,6H2,1H3,(H,14,15). The van der Waals surface area contributed by atoms with Crippen LogP contribution in [-0.2, 0) is 6.54 Å². The Labute approximate surface area is 112 Å². The number of benzene rings is 1. The lowest BCUT2D eigenvalue weighted by atomic mass is 10.3. The number of para-hydroxylation sites is 1. The summed E-state index contributed by atoms with van der Waals surface area (Å²) in [6, 6.07) is 5.95. The van der Waals surface area contributed by atoms with Gasteiger partial charge in [-0.1, -0.05) is 17.4 Å². The number of aromatic nitrogens is 2. The molecule has 2 aromatic heterocycles. The molecular formula is C12H11N3OS2. The number of ether oxygens (including phenoxy) is 1. The average molecular weight is 277 g/mol. The zero-order valence-electron chi connectivity index (χ0n) is 9.71. The van der Waals surface area contributed by atoms with E-state index in [1.165, 1.54) is 4.88 Å². The Balaban J connectivity index is 1.85. The van der Waals surface area contributed by atoms with Crippen LogP contribution in [0.15, 0.2) is 29.9 Å². The second-order valence-corrected chi connectivity index (χ2v) is 5.65. The van der Waals surface area contributed by atoms with Crippen LogP contribution in [0.25, 0.3) is 10.2 Å². The highest BCUT2D eigenvalue weighted by Gasteiger charge is 2.08. The molecule has 3 aromatic rings. The van der Waals surface area contributed by atoms with Gasteiger partial charge in [-0.3, -0.25) is 4.98 Å². The lowest BCUT2D eigenvalue weighted by Gasteiger charge is -1.99. The molecule has 0 aliphatic carbocycles. The monoisotopic (exact) mass is 277 g/mol. The van der Waals surface area contributed by atoms with Crippen molar-refractivity contribution in [1.82, 2.24) is 9.97 Å². The Morgan fingerprint density at radius 1 is 1.39 bits per heavy atom. The second kappa shape index (κ2) is 4.91. The molecule has 0 saturated heterocycles. The number of thiazole rings is 2. The zero-order valence-corrected chi connectivity index (χ0v) is 11.3. The molecule has 1 N–H and O–H groups in total. The Morgan fingerprint density at radius 2 is 2.33 bits per heavy atom. The first kappa shape index (κ1) is 11.4. The Hall–Kier alpha value is -1.66. The normalized spacial score (nSPS) is 10.7.